The Labute approximate surface area is 212 Å². The molecule has 0 aliphatic heterocycles. The van der Waals surface area contributed by atoms with Crippen LogP contribution >= 0.6 is 0 Å². The van der Waals surface area contributed by atoms with Gasteiger partial charge in [0.25, 0.3) is 0 Å². The first-order valence-electron chi connectivity index (χ1n) is 12.5. The Morgan fingerprint density at radius 3 is 1.14 bits per heavy atom. The third kappa shape index (κ3) is 3.23. The van der Waals surface area contributed by atoms with Crippen molar-refractivity contribution in [1.82, 2.24) is 0 Å². The molecule has 36 heavy (non-hydrogen) atoms. The first-order valence-corrected chi connectivity index (χ1v) is 12.5. The second-order valence-corrected chi connectivity index (χ2v) is 9.28. The van der Waals surface area contributed by atoms with Crippen molar-refractivity contribution in [2.75, 3.05) is 0 Å². The number of hydrogen-bond donors (Lipinski definition) is 0. The predicted molar refractivity (Wildman–Crippen MR) is 157 cm³/mol. The summed E-state index contributed by atoms with van der Waals surface area (Å²) < 4.78 is 0. The number of hydrogen-bond acceptors (Lipinski definition) is 0. The lowest BCUT2D eigenvalue weighted by molar-refractivity contribution is 1.64. The third-order valence-corrected chi connectivity index (χ3v) is 7.27. The molecule has 7 aromatic rings. The summed E-state index contributed by atoms with van der Waals surface area (Å²) in [5.74, 6) is 0. The minimum atomic E-state index is 0. The second-order valence-electron chi connectivity index (χ2n) is 9.28. The van der Waals surface area contributed by atoms with Gasteiger partial charge < -0.3 is 0 Å². The van der Waals surface area contributed by atoms with Crippen LogP contribution in [0.2, 0.25) is 0 Å². The molecule has 0 amide bonds. The maximum absolute atomic E-state index is 2.32. The Kier molecular flexibility index (Phi) is 4.89. The molecule has 0 saturated carbocycles. The van der Waals surface area contributed by atoms with E-state index in [4.69, 9.17) is 0 Å². The molecule has 0 heterocycles. The lowest BCUT2D eigenvalue weighted by atomic mass is 9.84. The molecule has 0 radical (unpaired) electrons. The van der Waals surface area contributed by atoms with E-state index in [1.54, 1.807) is 0 Å². The summed E-state index contributed by atoms with van der Waals surface area (Å²) >= 11 is 0. The molecule has 0 aliphatic rings. The van der Waals surface area contributed by atoms with Crippen LogP contribution in [0.5, 0.6) is 0 Å². The Bertz CT molecular complexity index is 1810. The van der Waals surface area contributed by atoms with Crippen molar-refractivity contribution in [2.45, 2.75) is 0 Å². The maximum atomic E-state index is 2.32. The highest BCUT2D eigenvalue weighted by atomic mass is 14.2. The van der Waals surface area contributed by atoms with Crippen LogP contribution in [0.25, 0.3) is 65.7 Å². The first-order chi connectivity index (χ1) is 17.9. The van der Waals surface area contributed by atoms with Gasteiger partial charge in [-0.25, -0.2) is 0 Å². The molecule has 0 saturated heterocycles. The Morgan fingerprint density at radius 2 is 0.611 bits per heavy atom. The summed E-state index contributed by atoms with van der Waals surface area (Å²) in [4.78, 5) is 0. The lowest BCUT2D eigenvalue weighted by Crippen LogP contribution is -1.92. The summed E-state index contributed by atoms with van der Waals surface area (Å²) in [6, 6.07) is 52.7. The van der Waals surface area contributed by atoms with Crippen molar-refractivity contribution in [3.05, 3.63) is 146 Å². The van der Waals surface area contributed by atoms with Crippen LogP contribution in [0, 0.1) is 0 Å². The molecule has 0 aliphatic carbocycles. The van der Waals surface area contributed by atoms with Gasteiger partial charge in [0.1, 0.15) is 0 Å². The summed E-state index contributed by atoms with van der Waals surface area (Å²) in [7, 11) is 0. The summed E-state index contributed by atoms with van der Waals surface area (Å²) in [6.07, 6.45) is 0. The molecule has 0 heteroatoms. The standard InChI is InChI=1S/C36H24.H2/c1-3-13-25(14-4-1)27-23-24-34(29-18-8-7-17-28(27)29)36-32-21-11-9-19-30(32)35(26-15-5-2-6-16-26)31-20-10-12-22-33(31)36;/h1-24H;1H. The van der Waals surface area contributed by atoms with Crippen molar-refractivity contribution in [2.24, 2.45) is 0 Å². The van der Waals surface area contributed by atoms with E-state index in [0.29, 0.717) is 0 Å². The largest absolute Gasteiger partial charge is 0.0622 e. The molecule has 0 aromatic heterocycles. The molecule has 0 fully saturated rings. The van der Waals surface area contributed by atoms with E-state index in [9.17, 15) is 0 Å². The summed E-state index contributed by atoms with van der Waals surface area (Å²) in [5, 5.41) is 7.70. The van der Waals surface area contributed by atoms with E-state index in [1.807, 2.05) is 0 Å². The van der Waals surface area contributed by atoms with Gasteiger partial charge in [0.2, 0.25) is 0 Å². The van der Waals surface area contributed by atoms with Crippen LogP contribution in [0.4, 0.5) is 0 Å². The number of benzene rings is 7. The fourth-order valence-electron chi connectivity index (χ4n) is 5.72. The van der Waals surface area contributed by atoms with E-state index < -0.39 is 0 Å². The monoisotopic (exact) mass is 458 g/mol. The fraction of sp³-hybridized carbons (Fsp3) is 0. The predicted octanol–water partition coefficient (Wildman–Crippen LogP) is 10.4. The SMILES string of the molecule is [HH].c1ccc(-c2ccc(-c3c4ccccc4c(-c4ccccc4)c4ccccc34)c3ccccc23)cc1. The summed E-state index contributed by atoms with van der Waals surface area (Å²) in [5.41, 5.74) is 7.64. The minimum absolute atomic E-state index is 0. The topological polar surface area (TPSA) is 0 Å². The van der Waals surface area contributed by atoms with Gasteiger partial charge in [0, 0.05) is 1.43 Å². The van der Waals surface area contributed by atoms with Gasteiger partial charge in [-0.2, -0.15) is 0 Å². The quantitative estimate of drug-likeness (QED) is 0.231. The van der Waals surface area contributed by atoms with Crippen molar-refractivity contribution in [3.8, 4) is 33.4 Å². The highest BCUT2D eigenvalue weighted by Crippen LogP contribution is 2.46. The minimum Gasteiger partial charge on any atom is -0.0622 e. The molecule has 7 rings (SSSR count). The van der Waals surface area contributed by atoms with Crippen LogP contribution in [-0.4, -0.2) is 0 Å². The highest BCUT2D eigenvalue weighted by molar-refractivity contribution is 6.24. The lowest BCUT2D eigenvalue weighted by Gasteiger charge is -2.19. The van der Waals surface area contributed by atoms with Crippen LogP contribution in [0.3, 0.4) is 0 Å². The molecular formula is C36H26. The smallest absolute Gasteiger partial charge is 0 e. The third-order valence-electron chi connectivity index (χ3n) is 7.27. The van der Waals surface area contributed by atoms with Crippen LogP contribution in [0.1, 0.15) is 1.43 Å². The molecule has 0 nitrogen and oxygen atoms in total. The highest BCUT2D eigenvalue weighted by Gasteiger charge is 2.18. The van der Waals surface area contributed by atoms with Crippen molar-refractivity contribution in [3.63, 3.8) is 0 Å². The molecule has 0 spiro atoms. The van der Waals surface area contributed by atoms with Gasteiger partial charge >= 0.3 is 0 Å². The van der Waals surface area contributed by atoms with Gasteiger partial charge in [-0.15, -0.1) is 0 Å². The maximum Gasteiger partial charge on any atom is 0 e. The zero-order valence-electron chi connectivity index (χ0n) is 19.9. The number of fused-ring (bicyclic) bond motifs is 3. The first kappa shape index (κ1) is 20.7. The second kappa shape index (κ2) is 8.52. The van der Waals surface area contributed by atoms with Gasteiger partial charge in [0.05, 0.1) is 0 Å². The zero-order chi connectivity index (χ0) is 23.9. The van der Waals surface area contributed by atoms with Gasteiger partial charge in [0.15, 0.2) is 0 Å². The normalized spacial score (nSPS) is 11.3. The van der Waals surface area contributed by atoms with E-state index in [1.165, 1.54) is 65.7 Å². The Balaban J connectivity index is 0.00000252. The van der Waals surface area contributed by atoms with Crippen molar-refractivity contribution < 1.29 is 1.43 Å². The summed E-state index contributed by atoms with van der Waals surface area (Å²) in [6.45, 7) is 0. The van der Waals surface area contributed by atoms with Crippen molar-refractivity contribution >= 4 is 32.3 Å². The fourth-order valence-corrected chi connectivity index (χ4v) is 5.72. The molecule has 0 unspecified atom stereocenters. The van der Waals surface area contributed by atoms with Crippen molar-refractivity contribution in [1.29, 1.82) is 0 Å². The van der Waals surface area contributed by atoms with Crippen LogP contribution in [-0.2, 0) is 0 Å². The van der Waals surface area contributed by atoms with E-state index in [0.717, 1.165) is 0 Å². The molecule has 7 aromatic carbocycles. The van der Waals surface area contributed by atoms with Gasteiger partial charge in [-0.3, -0.25) is 0 Å². The van der Waals surface area contributed by atoms with E-state index in [-0.39, 0.29) is 1.43 Å². The number of rotatable bonds is 3. The zero-order valence-corrected chi connectivity index (χ0v) is 19.9. The molecule has 170 valence electrons. The molecule has 0 atom stereocenters. The van der Waals surface area contributed by atoms with Crippen LogP contribution < -0.4 is 0 Å². The van der Waals surface area contributed by atoms with Gasteiger partial charge in [-0.05, 0) is 65.7 Å². The van der Waals surface area contributed by atoms with Gasteiger partial charge in [-0.1, -0.05) is 146 Å². The average molecular weight is 459 g/mol. The molecular weight excluding hydrogens is 432 g/mol. The average Bonchev–Trinajstić information content (AvgIpc) is 2.96. The van der Waals surface area contributed by atoms with Crippen LogP contribution in [0.15, 0.2) is 146 Å². The van der Waals surface area contributed by atoms with E-state index >= 15 is 0 Å². The molecule has 0 bridgehead atoms. The Morgan fingerprint density at radius 1 is 0.250 bits per heavy atom. The Hall–Kier alpha value is -4.68. The van der Waals surface area contributed by atoms with E-state index in [2.05, 4.69) is 146 Å². The molecule has 0 N–H and O–H groups in total.